The van der Waals surface area contributed by atoms with Crippen LogP contribution in [-0.2, 0) is 4.79 Å². The number of benzene rings is 1. The third-order valence-corrected chi connectivity index (χ3v) is 6.88. The van der Waals surface area contributed by atoms with Crippen LogP contribution in [0.2, 0.25) is 0 Å². The molecule has 30 heavy (non-hydrogen) atoms. The number of nitrogens with zero attached hydrogens (tertiary/aromatic N) is 1. The van der Waals surface area contributed by atoms with E-state index in [1.54, 1.807) is 5.48 Å². The van der Waals surface area contributed by atoms with E-state index < -0.39 is 0 Å². The normalized spacial score (nSPS) is 22.6. The first-order valence-electron chi connectivity index (χ1n) is 11.4. The van der Waals surface area contributed by atoms with E-state index in [-0.39, 0.29) is 5.91 Å². The average molecular weight is 412 g/mol. The molecule has 0 radical (unpaired) electrons. The number of carbonyl (C=O) groups is 1. The van der Waals surface area contributed by atoms with Gasteiger partial charge in [-0.2, -0.15) is 0 Å². The van der Waals surface area contributed by atoms with Gasteiger partial charge in [-0.05, 0) is 67.4 Å². The van der Waals surface area contributed by atoms with Crippen LogP contribution in [0.1, 0.15) is 75.7 Å². The molecular formula is C24H33N3O3. The predicted octanol–water partition coefficient (Wildman–Crippen LogP) is 5.21. The lowest BCUT2D eigenvalue weighted by atomic mass is 9.77. The van der Waals surface area contributed by atoms with E-state index in [1.807, 2.05) is 6.07 Å². The summed E-state index contributed by atoms with van der Waals surface area (Å²) >= 11 is 0. The van der Waals surface area contributed by atoms with Crippen molar-refractivity contribution in [2.45, 2.75) is 70.1 Å². The summed E-state index contributed by atoms with van der Waals surface area (Å²) in [5, 5.41) is 16.1. The lowest BCUT2D eigenvalue weighted by Gasteiger charge is -2.28. The van der Waals surface area contributed by atoms with Crippen molar-refractivity contribution in [3.8, 4) is 17.1 Å². The fraction of sp³-hybridized carbons (Fsp3) is 0.583. The van der Waals surface area contributed by atoms with Crippen LogP contribution in [0.15, 0.2) is 30.3 Å². The molecule has 4 rings (SSSR count). The number of H-pyrrole nitrogens is 1. The predicted molar refractivity (Wildman–Crippen MR) is 115 cm³/mol. The zero-order valence-corrected chi connectivity index (χ0v) is 17.6. The van der Waals surface area contributed by atoms with Gasteiger partial charge in [-0.1, -0.05) is 43.5 Å². The Kier molecular flexibility index (Phi) is 7.05. The number of hydrogen-bond donors (Lipinski definition) is 3. The molecule has 0 bridgehead atoms. The van der Waals surface area contributed by atoms with Crippen molar-refractivity contribution >= 4 is 5.91 Å². The van der Waals surface area contributed by atoms with Crippen molar-refractivity contribution in [1.29, 1.82) is 0 Å². The van der Waals surface area contributed by atoms with Gasteiger partial charge in [-0.15, -0.1) is 5.10 Å². The molecule has 6 nitrogen and oxygen atoms in total. The number of hydrogen-bond acceptors (Lipinski definition) is 4. The molecule has 2 aromatic rings. The van der Waals surface area contributed by atoms with Crippen LogP contribution in [-0.4, -0.2) is 27.9 Å². The SMILES string of the molecule is O=C(CC1CCC(c2ccc(-c3cc(OCC4CCCCC4)n[nH]3)cc2)CC1)NO. The zero-order chi connectivity index (χ0) is 20.8. The minimum Gasteiger partial charge on any atom is -0.476 e. The molecule has 0 aliphatic heterocycles. The Labute approximate surface area is 178 Å². The maximum atomic E-state index is 11.3. The Morgan fingerprint density at radius 2 is 1.77 bits per heavy atom. The minimum absolute atomic E-state index is 0.274. The van der Waals surface area contributed by atoms with Gasteiger partial charge in [0.15, 0.2) is 0 Å². The molecule has 1 aromatic heterocycles. The number of hydroxylamine groups is 1. The molecule has 2 aliphatic carbocycles. The van der Waals surface area contributed by atoms with Crippen molar-refractivity contribution < 1.29 is 14.7 Å². The van der Waals surface area contributed by atoms with Crippen molar-refractivity contribution in [2.75, 3.05) is 6.61 Å². The Morgan fingerprint density at radius 1 is 1.03 bits per heavy atom. The van der Waals surface area contributed by atoms with Crippen LogP contribution in [0.25, 0.3) is 11.3 Å². The van der Waals surface area contributed by atoms with Crippen LogP contribution in [0.3, 0.4) is 0 Å². The topological polar surface area (TPSA) is 87.2 Å². The van der Waals surface area contributed by atoms with E-state index in [0.29, 0.717) is 30.1 Å². The number of amides is 1. The van der Waals surface area contributed by atoms with E-state index in [0.717, 1.165) is 43.5 Å². The fourth-order valence-corrected chi connectivity index (χ4v) is 5.02. The molecule has 162 valence electrons. The summed E-state index contributed by atoms with van der Waals surface area (Å²) in [5.41, 5.74) is 5.21. The summed E-state index contributed by atoms with van der Waals surface area (Å²) in [6.07, 6.45) is 11.2. The summed E-state index contributed by atoms with van der Waals surface area (Å²) in [4.78, 5) is 11.3. The highest BCUT2D eigenvalue weighted by molar-refractivity contribution is 5.74. The lowest BCUT2D eigenvalue weighted by molar-refractivity contribution is -0.130. The van der Waals surface area contributed by atoms with E-state index in [4.69, 9.17) is 9.94 Å². The molecule has 3 N–H and O–H groups in total. The summed E-state index contributed by atoms with van der Waals surface area (Å²) in [6.45, 7) is 0.770. The van der Waals surface area contributed by atoms with Gasteiger partial charge in [0.1, 0.15) is 0 Å². The molecule has 1 aromatic carbocycles. The van der Waals surface area contributed by atoms with Crippen LogP contribution in [0.4, 0.5) is 0 Å². The summed E-state index contributed by atoms with van der Waals surface area (Å²) < 4.78 is 5.93. The van der Waals surface area contributed by atoms with Gasteiger partial charge in [-0.3, -0.25) is 15.1 Å². The number of ether oxygens (including phenoxy) is 1. The molecule has 2 aliphatic rings. The van der Waals surface area contributed by atoms with Gasteiger partial charge in [0.25, 0.3) is 0 Å². The van der Waals surface area contributed by atoms with Gasteiger partial charge in [0.2, 0.25) is 11.8 Å². The molecule has 2 saturated carbocycles. The van der Waals surface area contributed by atoms with Gasteiger partial charge in [-0.25, -0.2) is 5.48 Å². The Bertz CT molecular complexity index is 803. The van der Waals surface area contributed by atoms with Crippen LogP contribution in [0, 0.1) is 11.8 Å². The maximum Gasteiger partial charge on any atom is 0.243 e. The molecule has 0 unspecified atom stereocenters. The van der Waals surface area contributed by atoms with E-state index in [1.165, 1.54) is 37.7 Å². The Hall–Kier alpha value is -2.34. The molecule has 2 fully saturated rings. The largest absolute Gasteiger partial charge is 0.476 e. The number of nitrogens with one attached hydrogen (secondary N) is 2. The number of aromatic amines is 1. The molecule has 1 heterocycles. The number of aromatic nitrogens is 2. The second-order valence-corrected chi connectivity index (χ2v) is 9.01. The minimum atomic E-state index is -0.274. The monoisotopic (exact) mass is 411 g/mol. The first kappa shape index (κ1) is 20.9. The third-order valence-electron chi connectivity index (χ3n) is 6.88. The van der Waals surface area contributed by atoms with Crippen molar-refractivity contribution in [1.82, 2.24) is 15.7 Å². The van der Waals surface area contributed by atoms with E-state index in [9.17, 15) is 4.79 Å². The molecule has 0 saturated heterocycles. The van der Waals surface area contributed by atoms with E-state index in [2.05, 4.69) is 34.5 Å². The molecule has 6 heteroatoms. The zero-order valence-electron chi connectivity index (χ0n) is 17.6. The molecule has 0 atom stereocenters. The summed E-state index contributed by atoms with van der Waals surface area (Å²) in [6, 6.07) is 10.7. The smallest absolute Gasteiger partial charge is 0.243 e. The quantitative estimate of drug-likeness (QED) is 0.431. The number of carbonyl (C=O) groups excluding carboxylic acids is 1. The summed E-state index contributed by atoms with van der Waals surface area (Å²) in [7, 11) is 0. The van der Waals surface area contributed by atoms with E-state index >= 15 is 0 Å². The highest BCUT2D eigenvalue weighted by Gasteiger charge is 2.24. The Balaban J connectivity index is 1.28. The first-order valence-corrected chi connectivity index (χ1v) is 11.4. The lowest BCUT2D eigenvalue weighted by Crippen LogP contribution is -2.24. The third kappa shape index (κ3) is 5.42. The maximum absolute atomic E-state index is 11.3. The molecule has 0 spiro atoms. The van der Waals surface area contributed by atoms with Gasteiger partial charge < -0.3 is 4.74 Å². The Morgan fingerprint density at radius 3 is 2.47 bits per heavy atom. The highest BCUT2D eigenvalue weighted by atomic mass is 16.5. The number of rotatable bonds is 7. The van der Waals surface area contributed by atoms with Gasteiger partial charge in [0, 0.05) is 12.5 Å². The molecule has 1 amide bonds. The van der Waals surface area contributed by atoms with Crippen LogP contribution in [0.5, 0.6) is 5.88 Å². The fourth-order valence-electron chi connectivity index (χ4n) is 5.02. The van der Waals surface area contributed by atoms with Crippen LogP contribution < -0.4 is 10.2 Å². The second kappa shape index (κ2) is 10.1. The second-order valence-electron chi connectivity index (χ2n) is 9.01. The van der Waals surface area contributed by atoms with Crippen molar-refractivity contribution in [3.63, 3.8) is 0 Å². The molecular weight excluding hydrogens is 378 g/mol. The van der Waals surface area contributed by atoms with Crippen LogP contribution >= 0.6 is 0 Å². The standard InChI is InChI=1S/C24H33N3O3/c28-23(27-29)14-17-6-8-19(9-7-17)20-10-12-21(13-11-20)22-15-24(26-25-22)30-16-18-4-2-1-3-5-18/h10-13,15,17-19,29H,1-9,14,16H2,(H,25,26)(H,27,28). The van der Waals surface area contributed by atoms with Crippen molar-refractivity contribution in [2.24, 2.45) is 11.8 Å². The van der Waals surface area contributed by atoms with Gasteiger partial charge in [0.05, 0.1) is 12.3 Å². The average Bonchev–Trinajstić information content (AvgIpc) is 3.28. The van der Waals surface area contributed by atoms with Crippen molar-refractivity contribution in [3.05, 3.63) is 35.9 Å². The first-order chi connectivity index (χ1) is 14.7. The van der Waals surface area contributed by atoms with Gasteiger partial charge >= 0.3 is 0 Å². The highest BCUT2D eigenvalue weighted by Crippen LogP contribution is 2.37. The summed E-state index contributed by atoms with van der Waals surface area (Å²) in [5.74, 6) is 2.01.